The van der Waals surface area contributed by atoms with Gasteiger partial charge in [0.25, 0.3) is 0 Å². The second kappa shape index (κ2) is 11.6. The molecule has 4 heteroatoms. The van der Waals surface area contributed by atoms with Gasteiger partial charge in [-0.2, -0.15) is 0 Å². The van der Waals surface area contributed by atoms with Crippen LogP contribution in [0.1, 0.15) is 97.1 Å². The monoisotopic (exact) mass is 484 g/mol. The Kier molecular flexibility index (Phi) is 8.25. The number of hydrogen-bond donors (Lipinski definition) is 2. The van der Waals surface area contributed by atoms with E-state index in [9.17, 15) is 19.8 Å². The zero-order valence-corrected chi connectivity index (χ0v) is 21.4. The van der Waals surface area contributed by atoms with Crippen molar-refractivity contribution in [2.45, 2.75) is 78.1 Å². The van der Waals surface area contributed by atoms with Crippen molar-refractivity contribution in [1.29, 1.82) is 0 Å². The first-order valence-corrected chi connectivity index (χ1v) is 13.3. The molecule has 0 aliphatic rings. The van der Waals surface area contributed by atoms with E-state index in [0.29, 0.717) is 12.6 Å². The zero-order valence-electron chi connectivity index (χ0n) is 21.4. The minimum atomic E-state index is -0.0931. The molecule has 0 atom stereocenters. The molecule has 0 unspecified atom stereocenters. The van der Waals surface area contributed by atoms with Gasteiger partial charge in [-0.25, -0.2) is 0 Å². The molecule has 4 rings (SSSR count). The largest absolute Gasteiger partial charge is 0.507 e. The Labute approximate surface area is 212 Å². The number of rotatable bonds is 12. The van der Waals surface area contributed by atoms with Crippen molar-refractivity contribution in [3.63, 3.8) is 0 Å². The van der Waals surface area contributed by atoms with E-state index in [-0.39, 0.29) is 22.6 Å². The fourth-order valence-electron chi connectivity index (χ4n) is 5.38. The summed E-state index contributed by atoms with van der Waals surface area (Å²) in [4.78, 5) is 23.3. The average molecular weight is 485 g/mol. The summed E-state index contributed by atoms with van der Waals surface area (Å²) >= 11 is 0. The summed E-state index contributed by atoms with van der Waals surface area (Å²) in [6.45, 7) is 4.44. The van der Waals surface area contributed by atoms with Crippen molar-refractivity contribution in [1.82, 2.24) is 0 Å². The van der Waals surface area contributed by atoms with Crippen LogP contribution >= 0.6 is 0 Å². The Morgan fingerprint density at radius 1 is 0.528 bits per heavy atom. The molecule has 0 saturated heterocycles. The molecule has 0 aliphatic heterocycles. The molecule has 0 saturated carbocycles. The predicted octanol–water partition coefficient (Wildman–Crippen LogP) is 8.43. The summed E-state index contributed by atoms with van der Waals surface area (Å²) < 4.78 is 0. The van der Waals surface area contributed by atoms with Gasteiger partial charge in [-0.1, -0.05) is 64.5 Å². The van der Waals surface area contributed by atoms with Crippen LogP contribution in [0.15, 0.2) is 36.4 Å². The van der Waals surface area contributed by atoms with E-state index in [4.69, 9.17) is 0 Å². The maximum atomic E-state index is 11.7. The van der Waals surface area contributed by atoms with E-state index >= 15 is 0 Å². The molecular weight excluding hydrogens is 448 g/mol. The molecule has 2 N–H and O–H groups in total. The van der Waals surface area contributed by atoms with Gasteiger partial charge in [-0.05, 0) is 93.4 Å². The molecule has 4 nitrogen and oxygen atoms in total. The van der Waals surface area contributed by atoms with Gasteiger partial charge in [-0.15, -0.1) is 0 Å². The van der Waals surface area contributed by atoms with Gasteiger partial charge >= 0.3 is 0 Å². The van der Waals surface area contributed by atoms with Crippen molar-refractivity contribution in [2.24, 2.45) is 0 Å². The van der Waals surface area contributed by atoms with E-state index in [0.717, 1.165) is 58.0 Å². The number of aromatic hydroxyl groups is 2. The lowest BCUT2D eigenvalue weighted by molar-refractivity contribution is 0.111. The smallest absolute Gasteiger partial charge is 0.153 e. The maximum absolute atomic E-state index is 11.7. The third-order valence-corrected chi connectivity index (χ3v) is 7.40. The number of phenols is 2. The number of carbonyl (C=O) groups is 2. The van der Waals surface area contributed by atoms with Gasteiger partial charge in [0, 0.05) is 0 Å². The third-order valence-electron chi connectivity index (χ3n) is 7.40. The second-order valence-corrected chi connectivity index (χ2v) is 9.94. The van der Waals surface area contributed by atoms with Gasteiger partial charge in [0.15, 0.2) is 12.6 Å². The number of benzene rings is 4. The lowest BCUT2D eigenvalue weighted by Gasteiger charge is -2.17. The Morgan fingerprint density at radius 3 is 1.25 bits per heavy atom. The topological polar surface area (TPSA) is 74.6 Å². The SMILES string of the molecule is CCCCCCc1cc2c3cc(C=O)c(O)cc3c3cc(O)c(C=O)cc3c2cc1CCCCCC. The second-order valence-electron chi connectivity index (χ2n) is 9.94. The standard InChI is InChI=1S/C32H36O4/c1-3-5-7-9-11-21-13-25-26(14-22(21)12-10-8-6-4-2)28-16-24(20-34)32(36)18-30(28)29-17-31(35)23(19-33)15-27(25)29/h13-20,35-36H,3-12H2,1-2H3. The van der Waals surface area contributed by atoms with E-state index in [1.807, 2.05) is 0 Å². The molecule has 0 fully saturated rings. The fourth-order valence-corrected chi connectivity index (χ4v) is 5.38. The minimum absolute atomic E-state index is 0.0931. The lowest BCUT2D eigenvalue weighted by Crippen LogP contribution is -1.98. The summed E-state index contributed by atoms with van der Waals surface area (Å²) in [5.41, 5.74) is 3.16. The van der Waals surface area contributed by atoms with Crippen LogP contribution in [0.4, 0.5) is 0 Å². The van der Waals surface area contributed by atoms with E-state index in [1.54, 1.807) is 24.3 Å². The normalized spacial score (nSPS) is 11.5. The van der Waals surface area contributed by atoms with Gasteiger partial charge in [0.05, 0.1) is 11.1 Å². The number of fused-ring (bicyclic) bond motifs is 6. The quantitative estimate of drug-likeness (QED) is 0.120. The number of unbranched alkanes of at least 4 members (excludes halogenated alkanes) is 6. The van der Waals surface area contributed by atoms with Gasteiger partial charge < -0.3 is 10.2 Å². The first-order valence-electron chi connectivity index (χ1n) is 13.3. The van der Waals surface area contributed by atoms with Crippen LogP contribution in [0, 0.1) is 0 Å². The first-order chi connectivity index (χ1) is 17.5. The molecular formula is C32H36O4. The summed E-state index contributed by atoms with van der Waals surface area (Å²) in [5, 5.41) is 26.2. The van der Waals surface area contributed by atoms with Crippen LogP contribution in [0.2, 0.25) is 0 Å². The Balaban J connectivity index is 2.01. The molecule has 36 heavy (non-hydrogen) atoms. The third kappa shape index (κ3) is 5.09. The van der Waals surface area contributed by atoms with Crippen LogP contribution in [0.3, 0.4) is 0 Å². The molecule has 0 radical (unpaired) electrons. The van der Waals surface area contributed by atoms with Crippen LogP contribution < -0.4 is 0 Å². The molecule has 188 valence electrons. The van der Waals surface area contributed by atoms with Crippen molar-refractivity contribution >= 4 is 44.9 Å². The molecule has 0 bridgehead atoms. The van der Waals surface area contributed by atoms with Crippen molar-refractivity contribution in [3.05, 3.63) is 58.7 Å². The number of aryl methyl sites for hydroxylation is 2. The minimum Gasteiger partial charge on any atom is -0.507 e. The van der Waals surface area contributed by atoms with Crippen LogP contribution in [-0.2, 0) is 12.8 Å². The molecule has 4 aromatic rings. The summed E-state index contributed by atoms with van der Waals surface area (Å²) in [6.07, 6.45) is 12.9. The molecule has 0 aliphatic carbocycles. The van der Waals surface area contributed by atoms with Gasteiger partial charge in [-0.3, -0.25) is 9.59 Å². The van der Waals surface area contributed by atoms with Gasteiger partial charge in [0.2, 0.25) is 0 Å². The molecule has 0 heterocycles. The van der Waals surface area contributed by atoms with Crippen LogP contribution in [0.25, 0.3) is 32.3 Å². The number of phenolic OH excluding ortho intramolecular Hbond substituents is 2. The number of hydrogen-bond acceptors (Lipinski definition) is 4. The van der Waals surface area contributed by atoms with Crippen molar-refractivity contribution in [2.75, 3.05) is 0 Å². The highest BCUT2D eigenvalue weighted by Crippen LogP contribution is 2.41. The molecule has 0 amide bonds. The highest BCUT2D eigenvalue weighted by atomic mass is 16.3. The molecule has 4 aromatic carbocycles. The molecule has 0 aromatic heterocycles. The summed E-state index contributed by atoms with van der Waals surface area (Å²) in [6, 6.07) is 11.2. The van der Waals surface area contributed by atoms with E-state index < -0.39 is 0 Å². The maximum Gasteiger partial charge on any atom is 0.153 e. The Hall–Kier alpha value is -3.40. The highest BCUT2D eigenvalue weighted by Gasteiger charge is 2.17. The van der Waals surface area contributed by atoms with Crippen molar-refractivity contribution in [3.8, 4) is 11.5 Å². The Bertz CT molecular complexity index is 1310. The lowest BCUT2D eigenvalue weighted by atomic mass is 9.87. The summed E-state index contributed by atoms with van der Waals surface area (Å²) in [7, 11) is 0. The van der Waals surface area contributed by atoms with Gasteiger partial charge in [0.1, 0.15) is 11.5 Å². The predicted molar refractivity (Wildman–Crippen MR) is 149 cm³/mol. The van der Waals surface area contributed by atoms with E-state index in [1.165, 1.54) is 49.7 Å². The molecule has 0 spiro atoms. The number of carbonyl (C=O) groups excluding carboxylic acids is 2. The highest BCUT2D eigenvalue weighted by molar-refractivity contribution is 6.27. The average Bonchev–Trinajstić information content (AvgIpc) is 2.88. The van der Waals surface area contributed by atoms with E-state index in [2.05, 4.69) is 26.0 Å². The van der Waals surface area contributed by atoms with Crippen LogP contribution in [-0.4, -0.2) is 22.8 Å². The Morgan fingerprint density at radius 2 is 0.889 bits per heavy atom. The fraction of sp³-hybridized carbons (Fsp3) is 0.375. The van der Waals surface area contributed by atoms with Crippen LogP contribution in [0.5, 0.6) is 11.5 Å². The number of aldehydes is 2. The van der Waals surface area contributed by atoms with Crippen molar-refractivity contribution < 1.29 is 19.8 Å². The first kappa shape index (κ1) is 25.7. The summed E-state index contributed by atoms with van der Waals surface area (Å²) in [5.74, 6) is -0.186. The zero-order chi connectivity index (χ0) is 25.7.